The third-order valence-corrected chi connectivity index (χ3v) is 5.65. The van der Waals surface area contributed by atoms with Gasteiger partial charge in [0.05, 0.1) is 12.1 Å². The van der Waals surface area contributed by atoms with E-state index in [-0.39, 0.29) is 18.5 Å². The molecule has 1 fully saturated rings. The molecule has 4 rings (SSSR count). The van der Waals surface area contributed by atoms with Crippen molar-refractivity contribution in [3.63, 3.8) is 0 Å². The highest BCUT2D eigenvalue weighted by molar-refractivity contribution is 6.31. The van der Waals surface area contributed by atoms with Crippen LogP contribution in [0.3, 0.4) is 0 Å². The topological polar surface area (TPSA) is 57.7 Å². The Morgan fingerprint density at radius 2 is 1.72 bits per heavy atom. The molecule has 3 amide bonds. The van der Waals surface area contributed by atoms with E-state index in [1.165, 1.54) is 23.1 Å². The molecule has 0 spiro atoms. The molecule has 1 unspecified atom stereocenters. The summed E-state index contributed by atoms with van der Waals surface area (Å²) in [6, 6.07) is 20.2. The Hall–Kier alpha value is -3.51. The Morgan fingerprint density at radius 1 is 1.00 bits per heavy atom. The molecular weight excluding hydrogens is 431 g/mol. The van der Waals surface area contributed by atoms with Crippen LogP contribution >= 0.6 is 11.6 Å². The number of rotatable bonds is 6. The summed E-state index contributed by atoms with van der Waals surface area (Å²) in [5.41, 5.74) is 1.51. The maximum absolute atomic E-state index is 13.8. The van der Waals surface area contributed by atoms with E-state index in [1.54, 1.807) is 24.3 Å². The first-order valence-corrected chi connectivity index (χ1v) is 10.5. The fraction of sp³-hybridized carbons (Fsp3) is 0.160. The number of carbonyl (C=O) groups excluding carboxylic acids is 3. The molecular formula is C25H20ClFN2O3. The average molecular weight is 451 g/mol. The summed E-state index contributed by atoms with van der Waals surface area (Å²) in [5, 5.41) is 0.482. The molecule has 1 aliphatic rings. The summed E-state index contributed by atoms with van der Waals surface area (Å²) in [5.74, 6) is -1.94. The Labute approximate surface area is 190 Å². The Kier molecular flexibility index (Phi) is 6.32. The van der Waals surface area contributed by atoms with Crippen molar-refractivity contribution >= 4 is 35.0 Å². The van der Waals surface area contributed by atoms with E-state index in [0.717, 1.165) is 16.5 Å². The highest BCUT2D eigenvalue weighted by atomic mass is 35.5. The van der Waals surface area contributed by atoms with Gasteiger partial charge < -0.3 is 4.90 Å². The highest BCUT2D eigenvalue weighted by Gasteiger charge is 2.44. The van der Waals surface area contributed by atoms with Crippen molar-refractivity contribution in [3.05, 3.63) is 101 Å². The SMILES string of the molecule is O=C1CC(N(CCc2ccccc2)C(=O)c2cccc(F)c2)C(=O)N1c1ccc(Cl)cc1. The van der Waals surface area contributed by atoms with Crippen LogP contribution in [0.4, 0.5) is 10.1 Å². The van der Waals surface area contributed by atoms with Crippen molar-refractivity contribution in [3.8, 4) is 0 Å². The lowest BCUT2D eigenvalue weighted by Crippen LogP contribution is -2.46. The summed E-state index contributed by atoms with van der Waals surface area (Å²) < 4.78 is 13.8. The van der Waals surface area contributed by atoms with Gasteiger partial charge in [-0.15, -0.1) is 0 Å². The number of benzene rings is 3. The molecule has 0 bridgehead atoms. The van der Waals surface area contributed by atoms with Gasteiger partial charge in [0.15, 0.2) is 0 Å². The number of hydrogen-bond acceptors (Lipinski definition) is 3. The first-order valence-electron chi connectivity index (χ1n) is 10.2. The van der Waals surface area contributed by atoms with Crippen molar-refractivity contribution in [2.45, 2.75) is 18.9 Å². The Balaban J connectivity index is 1.64. The van der Waals surface area contributed by atoms with Crippen molar-refractivity contribution in [2.75, 3.05) is 11.4 Å². The van der Waals surface area contributed by atoms with Crippen molar-refractivity contribution in [1.29, 1.82) is 0 Å². The van der Waals surface area contributed by atoms with Crippen LogP contribution < -0.4 is 4.90 Å². The fourth-order valence-electron chi connectivity index (χ4n) is 3.80. The predicted molar refractivity (Wildman–Crippen MR) is 120 cm³/mol. The standard InChI is InChI=1S/C25H20ClFN2O3/c26-19-9-11-21(12-10-19)29-23(30)16-22(25(29)32)28(14-13-17-5-2-1-3-6-17)24(31)18-7-4-8-20(27)15-18/h1-12,15,22H,13-14,16H2. The molecule has 0 saturated carbocycles. The third kappa shape index (κ3) is 4.55. The van der Waals surface area contributed by atoms with E-state index in [2.05, 4.69) is 0 Å². The highest BCUT2D eigenvalue weighted by Crippen LogP contribution is 2.28. The first kappa shape index (κ1) is 21.7. The van der Waals surface area contributed by atoms with Crippen molar-refractivity contribution in [2.24, 2.45) is 0 Å². The van der Waals surface area contributed by atoms with E-state index in [4.69, 9.17) is 11.6 Å². The van der Waals surface area contributed by atoms with Crippen LogP contribution in [0.1, 0.15) is 22.3 Å². The number of amides is 3. The maximum Gasteiger partial charge on any atom is 0.257 e. The van der Waals surface area contributed by atoms with E-state index in [0.29, 0.717) is 17.1 Å². The van der Waals surface area contributed by atoms with Gasteiger partial charge in [0.25, 0.3) is 11.8 Å². The molecule has 7 heteroatoms. The molecule has 0 aliphatic carbocycles. The van der Waals surface area contributed by atoms with Gasteiger partial charge in [0, 0.05) is 17.1 Å². The lowest BCUT2D eigenvalue weighted by molar-refractivity contribution is -0.122. The normalized spacial score (nSPS) is 15.8. The molecule has 0 N–H and O–H groups in total. The predicted octanol–water partition coefficient (Wildman–Crippen LogP) is 4.50. The summed E-state index contributed by atoms with van der Waals surface area (Å²) in [6.07, 6.45) is 0.345. The second kappa shape index (κ2) is 9.32. The number of halogens is 2. The third-order valence-electron chi connectivity index (χ3n) is 5.40. The van der Waals surface area contributed by atoms with Crippen LogP contribution in [-0.2, 0) is 16.0 Å². The summed E-state index contributed by atoms with van der Waals surface area (Å²) in [4.78, 5) is 41.8. The second-order valence-electron chi connectivity index (χ2n) is 7.51. The molecule has 1 atom stereocenters. The van der Waals surface area contributed by atoms with Crippen LogP contribution in [-0.4, -0.2) is 35.2 Å². The fourth-order valence-corrected chi connectivity index (χ4v) is 3.93. The van der Waals surface area contributed by atoms with Gasteiger partial charge in [-0.3, -0.25) is 14.4 Å². The van der Waals surface area contributed by atoms with Gasteiger partial charge >= 0.3 is 0 Å². The van der Waals surface area contributed by atoms with Crippen LogP contribution in [0.5, 0.6) is 0 Å². The molecule has 1 heterocycles. The van der Waals surface area contributed by atoms with Gasteiger partial charge in [0.2, 0.25) is 5.91 Å². The lowest BCUT2D eigenvalue weighted by atomic mass is 10.1. The summed E-state index contributed by atoms with van der Waals surface area (Å²) >= 11 is 5.92. The largest absolute Gasteiger partial charge is 0.326 e. The minimum atomic E-state index is -0.974. The average Bonchev–Trinajstić information content (AvgIpc) is 3.09. The first-order chi connectivity index (χ1) is 15.4. The molecule has 162 valence electrons. The minimum Gasteiger partial charge on any atom is -0.326 e. The Morgan fingerprint density at radius 3 is 2.41 bits per heavy atom. The van der Waals surface area contributed by atoms with E-state index in [9.17, 15) is 18.8 Å². The zero-order chi connectivity index (χ0) is 22.7. The number of anilines is 1. The monoisotopic (exact) mass is 450 g/mol. The number of nitrogens with zero attached hydrogens (tertiary/aromatic N) is 2. The maximum atomic E-state index is 13.8. The van der Waals surface area contributed by atoms with Crippen LogP contribution in [0.2, 0.25) is 5.02 Å². The molecule has 1 aliphatic heterocycles. The second-order valence-corrected chi connectivity index (χ2v) is 7.94. The summed E-state index contributed by atoms with van der Waals surface area (Å²) in [6.45, 7) is 0.206. The summed E-state index contributed by atoms with van der Waals surface area (Å²) in [7, 11) is 0. The van der Waals surface area contributed by atoms with Crippen LogP contribution in [0, 0.1) is 5.82 Å². The van der Waals surface area contributed by atoms with Gasteiger partial charge in [-0.1, -0.05) is 48.0 Å². The number of imide groups is 1. The van der Waals surface area contributed by atoms with Crippen molar-refractivity contribution in [1.82, 2.24) is 4.90 Å². The lowest BCUT2D eigenvalue weighted by Gasteiger charge is -2.28. The molecule has 3 aromatic rings. The van der Waals surface area contributed by atoms with E-state index >= 15 is 0 Å². The van der Waals surface area contributed by atoms with Crippen molar-refractivity contribution < 1.29 is 18.8 Å². The molecule has 3 aromatic carbocycles. The molecule has 0 radical (unpaired) electrons. The molecule has 0 aromatic heterocycles. The zero-order valence-corrected chi connectivity index (χ0v) is 17.8. The molecule has 5 nitrogen and oxygen atoms in total. The van der Waals surface area contributed by atoms with Crippen LogP contribution in [0.25, 0.3) is 0 Å². The number of carbonyl (C=O) groups is 3. The van der Waals surface area contributed by atoms with Gasteiger partial charge in [-0.25, -0.2) is 9.29 Å². The smallest absolute Gasteiger partial charge is 0.257 e. The van der Waals surface area contributed by atoms with Gasteiger partial charge in [0.1, 0.15) is 11.9 Å². The zero-order valence-electron chi connectivity index (χ0n) is 17.1. The van der Waals surface area contributed by atoms with E-state index in [1.807, 2.05) is 30.3 Å². The quantitative estimate of drug-likeness (QED) is 0.520. The van der Waals surface area contributed by atoms with Gasteiger partial charge in [-0.05, 0) is 54.4 Å². The molecule has 32 heavy (non-hydrogen) atoms. The van der Waals surface area contributed by atoms with E-state index < -0.39 is 29.6 Å². The minimum absolute atomic E-state index is 0.128. The van der Waals surface area contributed by atoms with Crippen LogP contribution in [0.15, 0.2) is 78.9 Å². The Bertz CT molecular complexity index is 1150. The van der Waals surface area contributed by atoms with Gasteiger partial charge in [-0.2, -0.15) is 0 Å². The molecule has 1 saturated heterocycles. The number of hydrogen-bond donors (Lipinski definition) is 0.